The lowest BCUT2D eigenvalue weighted by Crippen LogP contribution is -2.30. The summed E-state index contributed by atoms with van der Waals surface area (Å²) in [4.78, 5) is 2.51. The van der Waals surface area contributed by atoms with Crippen molar-refractivity contribution in [1.29, 1.82) is 0 Å². The third kappa shape index (κ3) is 4.84. The van der Waals surface area contributed by atoms with Crippen molar-refractivity contribution in [3.05, 3.63) is 126 Å². The highest BCUT2D eigenvalue weighted by atomic mass is 31.1. The zero-order valence-electron chi connectivity index (χ0n) is 25.2. The minimum Gasteiger partial charge on any atom is -0.497 e. The van der Waals surface area contributed by atoms with Crippen molar-refractivity contribution >= 4 is 57.8 Å². The lowest BCUT2D eigenvalue weighted by molar-refractivity contribution is 0.414. The maximum atomic E-state index is 6.23. The van der Waals surface area contributed by atoms with Crippen molar-refractivity contribution in [3.63, 3.8) is 0 Å². The normalized spacial score (nSPS) is 13.0. The smallest absolute Gasteiger partial charge is 0.201 e. The average molecular weight is 600 g/mol. The van der Waals surface area contributed by atoms with Gasteiger partial charge in [-0.3, -0.25) is 0 Å². The summed E-state index contributed by atoms with van der Waals surface area (Å²) in [6, 6.07) is 40.4. The summed E-state index contributed by atoms with van der Waals surface area (Å²) in [7, 11) is 3.29. The zero-order valence-corrected chi connectivity index (χ0v) is 26.2. The average Bonchev–Trinajstić information content (AvgIpc) is 3.28. The molecule has 6 heteroatoms. The highest BCUT2D eigenvalue weighted by molar-refractivity contribution is 7.15. The molecule has 0 spiro atoms. The van der Waals surface area contributed by atoms with E-state index in [1.807, 2.05) is 24.3 Å². The van der Waals surface area contributed by atoms with Crippen LogP contribution in [-0.4, -0.2) is 14.2 Å². The van der Waals surface area contributed by atoms with E-state index < -0.39 is 0 Å². The molecular weight excluding hydrogens is 565 g/mol. The molecule has 0 bridgehead atoms. The lowest BCUT2D eigenvalue weighted by Gasteiger charge is -2.38. The molecule has 220 valence electrons. The Morgan fingerprint density at radius 3 is 1.70 bits per heavy atom. The largest absolute Gasteiger partial charge is 0.497 e. The van der Waals surface area contributed by atoms with E-state index in [1.54, 1.807) is 14.2 Å². The fourth-order valence-electron chi connectivity index (χ4n) is 6.43. The van der Waals surface area contributed by atoms with Gasteiger partial charge in [0.1, 0.15) is 22.7 Å². The van der Waals surface area contributed by atoms with Gasteiger partial charge in [0.15, 0.2) is 0 Å². The van der Waals surface area contributed by atoms with E-state index in [1.165, 1.54) is 16.5 Å². The molecule has 0 fully saturated rings. The first kappa shape index (κ1) is 27.9. The van der Waals surface area contributed by atoms with Crippen molar-refractivity contribution < 1.29 is 17.9 Å². The second kappa shape index (κ2) is 11.7. The molecule has 7 rings (SSSR count). The van der Waals surface area contributed by atoms with Gasteiger partial charge in [0.05, 0.1) is 26.3 Å². The second-order valence-corrected chi connectivity index (χ2v) is 11.6. The zero-order chi connectivity index (χ0) is 30.2. The summed E-state index contributed by atoms with van der Waals surface area (Å²) in [6.45, 7) is 4.54. The predicted octanol–water partition coefficient (Wildman–Crippen LogP) is 11.0. The quantitative estimate of drug-likeness (QED) is 0.182. The maximum Gasteiger partial charge on any atom is 0.201 e. The van der Waals surface area contributed by atoms with Gasteiger partial charge in [-0.1, -0.05) is 66.7 Å². The number of rotatable bonds is 7. The van der Waals surface area contributed by atoms with Crippen molar-refractivity contribution in [2.24, 2.45) is 0 Å². The van der Waals surface area contributed by atoms with Gasteiger partial charge < -0.3 is 22.8 Å². The molecule has 0 saturated heterocycles. The molecule has 0 saturated carbocycles. The van der Waals surface area contributed by atoms with Gasteiger partial charge in [-0.05, 0) is 89.7 Å². The first-order valence-corrected chi connectivity index (χ1v) is 15.6. The van der Waals surface area contributed by atoms with Gasteiger partial charge in [-0.15, -0.1) is 0 Å². The Morgan fingerprint density at radius 1 is 0.545 bits per heavy atom. The van der Waals surface area contributed by atoms with Crippen LogP contribution in [0, 0.1) is 0 Å². The van der Waals surface area contributed by atoms with Crippen molar-refractivity contribution in [2.75, 3.05) is 19.1 Å². The highest BCUT2D eigenvalue weighted by Gasteiger charge is 2.26. The molecule has 3 atom stereocenters. The van der Waals surface area contributed by atoms with E-state index in [-0.39, 0.29) is 20.8 Å². The third-order valence-electron chi connectivity index (χ3n) is 8.75. The first-order valence-electron chi connectivity index (χ1n) is 14.8. The maximum absolute atomic E-state index is 6.23. The number of methoxy groups -OCH3 is 2. The van der Waals surface area contributed by atoms with E-state index in [2.05, 4.69) is 110 Å². The number of hydrogen-bond donors (Lipinski definition) is 0. The molecule has 7 aromatic rings. The fourth-order valence-corrected chi connectivity index (χ4v) is 6.99. The topological polar surface area (TPSA) is 48.0 Å². The summed E-state index contributed by atoms with van der Waals surface area (Å²) in [6.07, 6.45) is 0. The van der Waals surface area contributed by atoms with Crippen LogP contribution < -0.4 is 14.4 Å². The van der Waals surface area contributed by atoms with Crippen molar-refractivity contribution in [1.82, 2.24) is 0 Å². The van der Waals surface area contributed by atoms with Crippen molar-refractivity contribution in [3.8, 4) is 11.5 Å². The Bertz CT molecular complexity index is 2080. The molecule has 1 unspecified atom stereocenters. The van der Waals surface area contributed by atoms with E-state index >= 15 is 0 Å². The molecule has 0 aliphatic rings. The SMILES string of the molecule is COc1ccc([C@@H](C)N(c2cccc3c2ccc2o[pH]oc4ccc5ccccc5c4c23)[C@H](C)c2ccc(OC)cc2)cc1. The lowest BCUT2D eigenvalue weighted by atomic mass is 9.95. The van der Waals surface area contributed by atoms with Gasteiger partial charge in [-0.2, -0.15) is 0 Å². The van der Waals surface area contributed by atoms with Crippen LogP contribution in [0.5, 0.6) is 11.5 Å². The van der Waals surface area contributed by atoms with Crippen LogP contribution in [0.2, 0.25) is 0 Å². The second-order valence-electron chi connectivity index (χ2n) is 11.1. The molecule has 0 N–H and O–H groups in total. The van der Waals surface area contributed by atoms with E-state index in [9.17, 15) is 0 Å². The summed E-state index contributed by atoms with van der Waals surface area (Å²) in [5.41, 5.74) is 5.22. The molecule has 0 amide bonds. The molecule has 0 radical (unpaired) electrons. The number of benzene rings is 6. The van der Waals surface area contributed by atoms with Gasteiger partial charge >= 0.3 is 0 Å². The van der Waals surface area contributed by atoms with Gasteiger partial charge in [-0.25, -0.2) is 0 Å². The van der Waals surface area contributed by atoms with Gasteiger partial charge in [0, 0.05) is 21.8 Å². The molecule has 5 nitrogen and oxygen atoms in total. The number of hydrogen-bond acceptors (Lipinski definition) is 5. The minimum absolute atomic E-state index is 0.0524. The Hall–Kier alpha value is -4.86. The molecule has 0 aliphatic heterocycles. The summed E-state index contributed by atoms with van der Waals surface area (Å²) >= 11 is 0. The van der Waals surface area contributed by atoms with Gasteiger partial charge in [0.2, 0.25) is 8.67 Å². The molecule has 1 aromatic heterocycles. The summed E-state index contributed by atoms with van der Waals surface area (Å²) in [5.74, 6) is 1.69. The van der Waals surface area contributed by atoms with Crippen LogP contribution in [0.25, 0.3) is 43.5 Å². The van der Waals surface area contributed by atoms with Crippen LogP contribution in [0.3, 0.4) is 0 Å². The fraction of sp³-hybridized carbons (Fsp3) is 0.158. The van der Waals surface area contributed by atoms with E-state index in [0.29, 0.717) is 0 Å². The van der Waals surface area contributed by atoms with E-state index in [0.717, 1.165) is 55.3 Å². The first-order chi connectivity index (χ1) is 21.6. The monoisotopic (exact) mass is 599 g/mol. The molecule has 0 aliphatic carbocycles. The molecule has 6 aromatic carbocycles. The van der Waals surface area contributed by atoms with E-state index in [4.69, 9.17) is 17.9 Å². The van der Waals surface area contributed by atoms with Crippen LogP contribution in [0.1, 0.15) is 37.1 Å². The Kier molecular flexibility index (Phi) is 7.41. The Labute approximate surface area is 258 Å². The highest BCUT2D eigenvalue weighted by Crippen LogP contribution is 2.43. The number of anilines is 1. The number of nitrogens with zero attached hydrogens (tertiary/aromatic N) is 1. The Balaban J connectivity index is 1.51. The third-order valence-corrected chi connectivity index (χ3v) is 9.36. The number of fused-ring (bicyclic) bond motifs is 7. The Morgan fingerprint density at radius 2 is 1.09 bits per heavy atom. The molecule has 1 heterocycles. The molecular formula is C38H34NO4P. The predicted molar refractivity (Wildman–Crippen MR) is 183 cm³/mol. The van der Waals surface area contributed by atoms with Crippen LogP contribution in [0.4, 0.5) is 5.69 Å². The minimum atomic E-state index is -0.116. The standard InChI is InChI=1S/C38H34NO4P/c1-24(26-12-17-29(40-3)18-13-26)39(25(2)27-14-19-30(41-4)20-15-27)34-11-7-10-33-32(34)21-23-36-38(33)37-31-9-6-5-8-28(31)16-22-35(37)42-44-43-36/h5-25,44H,1-4H3/t24-,25-/m1/s1. The summed E-state index contributed by atoms with van der Waals surface area (Å²) in [5, 5.41) is 6.73. The van der Waals surface area contributed by atoms with Crippen LogP contribution in [0.15, 0.2) is 124 Å². The number of ether oxygens (including phenoxy) is 2. The van der Waals surface area contributed by atoms with Crippen LogP contribution in [-0.2, 0) is 0 Å². The molecule has 44 heavy (non-hydrogen) atoms. The van der Waals surface area contributed by atoms with Crippen LogP contribution >= 0.6 is 8.67 Å². The summed E-state index contributed by atoms with van der Waals surface area (Å²) < 4.78 is 23.3. The van der Waals surface area contributed by atoms with Gasteiger partial charge in [0.25, 0.3) is 0 Å². The van der Waals surface area contributed by atoms with Crippen molar-refractivity contribution in [2.45, 2.75) is 25.9 Å².